The summed E-state index contributed by atoms with van der Waals surface area (Å²) < 4.78 is 0. The monoisotopic (exact) mass is 375 g/mol. The van der Waals surface area contributed by atoms with Crippen molar-refractivity contribution in [1.82, 2.24) is 4.98 Å². The van der Waals surface area contributed by atoms with Gasteiger partial charge in [0.25, 0.3) is 0 Å². The fraction of sp³-hybridized carbons (Fsp3) is 0.0455. The van der Waals surface area contributed by atoms with Gasteiger partial charge in [-0.05, 0) is 42.8 Å². The van der Waals surface area contributed by atoms with Gasteiger partial charge in [0.15, 0.2) is 0 Å². The number of carbonyl (C=O) groups is 1. The molecule has 0 saturated heterocycles. The summed E-state index contributed by atoms with van der Waals surface area (Å²) >= 11 is 6.20. The number of anilines is 2. The summed E-state index contributed by atoms with van der Waals surface area (Å²) in [4.78, 5) is 15.9. The first-order chi connectivity index (χ1) is 13.1. The first kappa shape index (κ1) is 17.2. The molecule has 1 aromatic heterocycles. The first-order valence-corrected chi connectivity index (χ1v) is 8.99. The average Bonchev–Trinajstić information content (AvgIpc) is 3.08. The lowest BCUT2D eigenvalue weighted by atomic mass is 10.1. The minimum Gasteiger partial charge on any atom is -0.354 e. The second kappa shape index (κ2) is 7.17. The van der Waals surface area contributed by atoms with Gasteiger partial charge in [0.05, 0.1) is 16.4 Å². The Morgan fingerprint density at radius 2 is 1.63 bits per heavy atom. The zero-order chi connectivity index (χ0) is 18.8. The molecule has 0 unspecified atom stereocenters. The number of carbonyl (C=O) groups excluding carboxylic acids is 1. The zero-order valence-corrected chi connectivity index (χ0v) is 15.5. The number of urea groups is 1. The van der Waals surface area contributed by atoms with Crippen LogP contribution in [-0.4, -0.2) is 11.0 Å². The van der Waals surface area contributed by atoms with Crippen LogP contribution in [0.2, 0.25) is 5.02 Å². The van der Waals surface area contributed by atoms with Gasteiger partial charge in [-0.15, -0.1) is 0 Å². The summed E-state index contributed by atoms with van der Waals surface area (Å²) in [5.74, 6) is 0. The molecule has 1 heterocycles. The maximum atomic E-state index is 12.5. The van der Waals surface area contributed by atoms with Crippen molar-refractivity contribution in [1.29, 1.82) is 0 Å². The van der Waals surface area contributed by atoms with Crippen molar-refractivity contribution in [2.75, 3.05) is 10.6 Å². The van der Waals surface area contributed by atoms with Crippen molar-refractivity contribution < 1.29 is 4.79 Å². The molecular weight excluding hydrogens is 358 g/mol. The summed E-state index contributed by atoms with van der Waals surface area (Å²) in [6, 6.07) is 23.0. The molecule has 134 valence electrons. The lowest BCUT2D eigenvalue weighted by Crippen LogP contribution is -2.20. The molecule has 0 saturated carbocycles. The van der Waals surface area contributed by atoms with Crippen LogP contribution in [0.3, 0.4) is 0 Å². The maximum Gasteiger partial charge on any atom is 0.323 e. The molecule has 5 heteroatoms. The molecule has 4 rings (SSSR count). The van der Waals surface area contributed by atoms with E-state index in [2.05, 4.69) is 27.8 Å². The largest absolute Gasteiger partial charge is 0.354 e. The number of rotatable bonds is 3. The summed E-state index contributed by atoms with van der Waals surface area (Å²) in [6.45, 7) is 1.95. The lowest BCUT2D eigenvalue weighted by Gasteiger charge is -2.12. The van der Waals surface area contributed by atoms with Crippen LogP contribution in [0.4, 0.5) is 16.2 Å². The van der Waals surface area contributed by atoms with E-state index in [0.29, 0.717) is 16.4 Å². The number of fused-ring (bicyclic) bond motifs is 1. The Balaban J connectivity index is 1.60. The molecule has 0 atom stereocenters. The van der Waals surface area contributed by atoms with Gasteiger partial charge >= 0.3 is 6.03 Å². The van der Waals surface area contributed by atoms with Gasteiger partial charge < -0.3 is 15.6 Å². The quantitative estimate of drug-likeness (QED) is 0.379. The Bertz CT molecular complexity index is 1100. The number of benzene rings is 3. The smallest absolute Gasteiger partial charge is 0.323 e. The molecule has 2 amide bonds. The topological polar surface area (TPSA) is 56.9 Å². The highest BCUT2D eigenvalue weighted by Gasteiger charge is 2.11. The Morgan fingerprint density at radius 1 is 0.889 bits per heavy atom. The highest BCUT2D eigenvalue weighted by molar-refractivity contribution is 6.33. The van der Waals surface area contributed by atoms with Gasteiger partial charge in [-0.3, -0.25) is 0 Å². The lowest BCUT2D eigenvalue weighted by molar-refractivity contribution is 0.262. The number of aromatic amines is 1. The van der Waals surface area contributed by atoms with E-state index in [4.69, 9.17) is 11.6 Å². The minimum absolute atomic E-state index is 0.343. The molecule has 0 aliphatic carbocycles. The van der Waals surface area contributed by atoms with E-state index in [0.717, 1.165) is 27.7 Å². The standard InChI is InChI=1S/C22H18ClN3O/c1-14-10-11-20(17(23)12-14)26-22(27)25-19-9-5-3-7-16(19)21-13-15-6-2-4-8-18(15)24-21/h2-13,24H,1H3,(H2,25,26,27). The molecule has 3 N–H and O–H groups in total. The molecule has 4 nitrogen and oxygen atoms in total. The molecular formula is C22H18ClN3O. The zero-order valence-electron chi connectivity index (χ0n) is 14.7. The third-order valence-corrected chi connectivity index (χ3v) is 4.68. The Morgan fingerprint density at radius 3 is 2.44 bits per heavy atom. The number of halogens is 1. The van der Waals surface area contributed by atoms with Crippen LogP contribution in [0.15, 0.2) is 72.8 Å². The van der Waals surface area contributed by atoms with E-state index in [1.54, 1.807) is 6.07 Å². The highest BCUT2D eigenvalue weighted by Crippen LogP contribution is 2.30. The Hall–Kier alpha value is -3.24. The van der Waals surface area contributed by atoms with Crippen LogP contribution in [0.1, 0.15) is 5.56 Å². The molecule has 0 radical (unpaired) electrons. The number of para-hydroxylation sites is 2. The molecule has 0 bridgehead atoms. The molecule has 0 aliphatic heterocycles. The summed E-state index contributed by atoms with van der Waals surface area (Å²) in [5, 5.41) is 7.35. The molecule has 4 aromatic rings. The van der Waals surface area contributed by atoms with E-state index in [1.165, 1.54) is 0 Å². The van der Waals surface area contributed by atoms with Crippen molar-refractivity contribution in [2.24, 2.45) is 0 Å². The highest BCUT2D eigenvalue weighted by atomic mass is 35.5. The van der Waals surface area contributed by atoms with Crippen molar-refractivity contribution in [3.63, 3.8) is 0 Å². The maximum absolute atomic E-state index is 12.5. The number of H-pyrrole nitrogens is 1. The van der Waals surface area contributed by atoms with Crippen molar-refractivity contribution in [2.45, 2.75) is 6.92 Å². The fourth-order valence-electron chi connectivity index (χ4n) is 3.04. The van der Waals surface area contributed by atoms with E-state index in [-0.39, 0.29) is 6.03 Å². The number of hydrogen-bond donors (Lipinski definition) is 3. The normalized spacial score (nSPS) is 10.7. The van der Waals surface area contributed by atoms with Gasteiger partial charge in [-0.1, -0.05) is 54.1 Å². The number of hydrogen-bond acceptors (Lipinski definition) is 1. The molecule has 0 aliphatic rings. The van der Waals surface area contributed by atoms with Crippen LogP contribution in [0, 0.1) is 6.92 Å². The molecule has 27 heavy (non-hydrogen) atoms. The van der Waals surface area contributed by atoms with E-state index in [1.807, 2.05) is 61.5 Å². The van der Waals surface area contributed by atoms with Crippen LogP contribution in [-0.2, 0) is 0 Å². The molecule has 3 aromatic carbocycles. The van der Waals surface area contributed by atoms with Crippen molar-refractivity contribution in [3.8, 4) is 11.3 Å². The van der Waals surface area contributed by atoms with Gasteiger partial charge in [-0.25, -0.2) is 4.79 Å². The summed E-state index contributed by atoms with van der Waals surface area (Å²) in [7, 11) is 0. The third-order valence-electron chi connectivity index (χ3n) is 4.37. The number of aryl methyl sites for hydroxylation is 1. The Labute approximate surface area is 162 Å². The summed E-state index contributed by atoms with van der Waals surface area (Å²) in [5.41, 5.74) is 5.24. The predicted octanol–water partition coefficient (Wildman–Crippen LogP) is 6.44. The summed E-state index contributed by atoms with van der Waals surface area (Å²) in [6.07, 6.45) is 0. The van der Waals surface area contributed by atoms with Crippen molar-refractivity contribution >= 4 is 39.9 Å². The molecule has 0 fully saturated rings. The predicted molar refractivity (Wildman–Crippen MR) is 113 cm³/mol. The van der Waals surface area contributed by atoms with Crippen LogP contribution in [0.25, 0.3) is 22.2 Å². The van der Waals surface area contributed by atoms with E-state index < -0.39 is 0 Å². The van der Waals surface area contributed by atoms with Crippen molar-refractivity contribution in [3.05, 3.63) is 83.4 Å². The van der Waals surface area contributed by atoms with Gasteiger partial charge in [0.2, 0.25) is 0 Å². The van der Waals surface area contributed by atoms with Crippen LogP contribution < -0.4 is 10.6 Å². The van der Waals surface area contributed by atoms with Crippen LogP contribution >= 0.6 is 11.6 Å². The minimum atomic E-state index is -0.343. The number of amides is 2. The Kier molecular flexibility index (Phi) is 4.57. The molecule has 0 spiro atoms. The number of aromatic nitrogens is 1. The first-order valence-electron chi connectivity index (χ1n) is 8.61. The number of nitrogens with one attached hydrogen (secondary N) is 3. The fourth-order valence-corrected chi connectivity index (χ4v) is 3.33. The van der Waals surface area contributed by atoms with Gasteiger partial charge in [0.1, 0.15) is 0 Å². The second-order valence-corrected chi connectivity index (χ2v) is 6.79. The second-order valence-electron chi connectivity index (χ2n) is 6.38. The third kappa shape index (κ3) is 3.66. The van der Waals surface area contributed by atoms with E-state index in [9.17, 15) is 4.79 Å². The van der Waals surface area contributed by atoms with Gasteiger partial charge in [-0.2, -0.15) is 0 Å². The van der Waals surface area contributed by atoms with Gasteiger partial charge in [0, 0.05) is 22.2 Å². The average molecular weight is 376 g/mol. The SMILES string of the molecule is Cc1ccc(NC(=O)Nc2ccccc2-c2cc3ccccc3[nH]2)c(Cl)c1. The van der Waals surface area contributed by atoms with E-state index >= 15 is 0 Å². The van der Waals surface area contributed by atoms with Crippen LogP contribution in [0.5, 0.6) is 0 Å².